The first-order chi connectivity index (χ1) is 17.3. The first-order valence-electron chi connectivity index (χ1n) is 12.6. The van der Waals surface area contributed by atoms with Crippen molar-refractivity contribution in [3.8, 4) is 11.5 Å². The SMILES string of the molecule is C=C(C)C(/C=C(C)\C(C)=N\N(CC(=O)c1cc(OCCO)c(OC)c(C(C)(C)C)c1)/C(=C\C)CC)=NC. The highest BCUT2D eigenvalue weighted by atomic mass is 16.5. The molecule has 204 valence electrons. The lowest BCUT2D eigenvalue weighted by atomic mass is 9.84. The summed E-state index contributed by atoms with van der Waals surface area (Å²) in [5, 5.41) is 15.9. The van der Waals surface area contributed by atoms with Crippen LogP contribution in [-0.2, 0) is 5.41 Å². The minimum absolute atomic E-state index is 0.0582. The van der Waals surface area contributed by atoms with E-state index in [4.69, 9.17) is 14.6 Å². The van der Waals surface area contributed by atoms with Crippen LogP contribution >= 0.6 is 0 Å². The van der Waals surface area contributed by atoms with E-state index in [1.807, 2.05) is 52.8 Å². The summed E-state index contributed by atoms with van der Waals surface area (Å²) < 4.78 is 11.4. The zero-order valence-electron chi connectivity index (χ0n) is 24.4. The van der Waals surface area contributed by atoms with E-state index in [2.05, 4.69) is 32.3 Å². The monoisotopic (exact) mass is 511 g/mol. The minimum atomic E-state index is -0.297. The first-order valence-corrected chi connectivity index (χ1v) is 12.6. The lowest BCUT2D eigenvalue weighted by molar-refractivity contribution is 0.0949. The van der Waals surface area contributed by atoms with Gasteiger partial charge in [-0.2, -0.15) is 5.10 Å². The fourth-order valence-electron chi connectivity index (χ4n) is 3.71. The molecule has 0 aliphatic carbocycles. The largest absolute Gasteiger partial charge is 0.493 e. The van der Waals surface area contributed by atoms with Crippen LogP contribution in [0.15, 0.2) is 57.8 Å². The van der Waals surface area contributed by atoms with E-state index < -0.39 is 0 Å². The van der Waals surface area contributed by atoms with Crippen LogP contribution in [0.5, 0.6) is 11.5 Å². The standard InChI is InChI=1S/C30H45N3O4/c1-12-24(13-2)33(32-22(6)21(5)16-26(31-10)20(3)4)19-27(35)23-17-25(30(7,8)9)29(36-11)28(18-23)37-15-14-34/h12,16-18,34H,3,13-15,19H2,1-2,4-11H3/b21-16-,24-12-,31-26?,32-22+. The van der Waals surface area contributed by atoms with Crippen LogP contribution < -0.4 is 9.47 Å². The van der Waals surface area contributed by atoms with Crippen molar-refractivity contribution in [3.63, 3.8) is 0 Å². The number of allylic oxidation sites excluding steroid dienone is 5. The van der Waals surface area contributed by atoms with Gasteiger partial charge in [0.25, 0.3) is 0 Å². The number of nitrogens with zero attached hydrogens (tertiary/aromatic N) is 3. The number of carbonyl (C=O) groups excluding carboxylic acids is 1. The van der Waals surface area contributed by atoms with Crippen molar-refractivity contribution in [2.45, 2.75) is 67.2 Å². The predicted molar refractivity (Wildman–Crippen MR) is 154 cm³/mol. The van der Waals surface area contributed by atoms with Crippen LogP contribution in [0.3, 0.4) is 0 Å². The number of methoxy groups -OCH3 is 1. The lowest BCUT2D eigenvalue weighted by Gasteiger charge is -2.26. The van der Waals surface area contributed by atoms with E-state index in [9.17, 15) is 9.90 Å². The third-order valence-electron chi connectivity index (χ3n) is 5.93. The molecule has 0 bridgehead atoms. The first kappa shape index (κ1) is 31.8. The number of aliphatic imine (C=N–C) groups is 1. The molecule has 0 aliphatic heterocycles. The molecule has 1 aromatic carbocycles. The van der Waals surface area contributed by atoms with Crippen LogP contribution in [-0.4, -0.2) is 61.2 Å². The fourth-order valence-corrected chi connectivity index (χ4v) is 3.71. The van der Waals surface area contributed by atoms with Gasteiger partial charge in [-0.1, -0.05) is 40.3 Å². The molecule has 0 spiro atoms. The topological polar surface area (TPSA) is 83.7 Å². The number of ketones is 1. The lowest BCUT2D eigenvalue weighted by Crippen LogP contribution is -2.26. The van der Waals surface area contributed by atoms with Gasteiger partial charge in [-0.3, -0.25) is 14.8 Å². The van der Waals surface area contributed by atoms with Crippen molar-refractivity contribution >= 4 is 17.2 Å². The number of aliphatic hydroxyl groups is 1. The second kappa shape index (κ2) is 14.5. The smallest absolute Gasteiger partial charge is 0.184 e. The van der Waals surface area contributed by atoms with Gasteiger partial charge < -0.3 is 14.6 Å². The molecule has 0 aliphatic rings. The quantitative estimate of drug-likeness (QED) is 0.196. The molecule has 7 nitrogen and oxygen atoms in total. The van der Waals surface area contributed by atoms with E-state index in [0.717, 1.165) is 40.3 Å². The molecular formula is C30H45N3O4. The van der Waals surface area contributed by atoms with Gasteiger partial charge in [0.2, 0.25) is 0 Å². The van der Waals surface area contributed by atoms with Gasteiger partial charge in [0.05, 0.1) is 25.1 Å². The summed E-state index contributed by atoms with van der Waals surface area (Å²) in [6.45, 7) is 19.9. The van der Waals surface area contributed by atoms with E-state index in [-0.39, 0.29) is 31.0 Å². The Labute approximate surface area is 223 Å². The number of hydrazone groups is 1. The Hall–Kier alpha value is -3.19. The van der Waals surface area contributed by atoms with Gasteiger partial charge in [-0.25, -0.2) is 0 Å². The Balaban J connectivity index is 3.55. The Kier molecular flexibility index (Phi) is 12.5. The van der Waals surface area contributed by atoms with E-state index >= 15 is 0 Å². The number of Topliss-reactive ketones (excluding diaryl/α,β-unsaturated/α-hetero) is 1. The molecule has 37 heavy (non-hydrogen) atoms. The summed E-state index contributed by atoms with van der Waals surface area (Å²) >= 11 is 0. The zero-order valence-corrected chi connectivity index (χ0v) is 24.4. The molecule has 0 saturated carbocycles. The Bertz CT molecular complexity index is 1090. The number of carbonyl (C=O) groups is 1. The summed E-state index contributed by atoms with van der Waals surface area (Å²) in [7, 11) is 3.31. The highest BCUT2D eigenvalue weighted by Crippen LogP contribution is 2.40. The Morgan fingerprint density at radius 1 is 1.22 bits per heavy atom. The fraction of sp³-hybridized carbons (Fsp3) is 0.500. The van der Waals surface area contributed by atoms with Crippen molar-refractivity contribution in [2.75, 3.05) is 33.9 Å². The summed E-state index contributed by atoms with van der Waals surface area (Å²) in [5.41, 5.74) is 5.38. The number of rotatable bonds is 13. The predicted octanol–water partition coefficient (Wildman–Crippen LogP) is 6.13. The van der Waals surface area contributed by atoms with Gasteiger partial charge in [0.15, 0.2) is 17.3 Å². The number of benzene rings is 1. The van der Waals surface area contributed by atoms with E-state index in [1.165, 1.54) is 0 Å². The Morgan fingerprint density at radius 3 is 2.32 bits per heavy atom. The van der Waals surface area contributed by atoms with Crippen molar-refractivity contribution in [1.29, 1.82) is 0 Å². The summed E-state index contributed by atoms with van der Waals surface area (Å²) in [5.74, 6) is 0.897. The molecule has 1 rings (SSSR count). The van der Waals surface area contributed by atoms with E-state index in [1.54, 1.807) is 25.2 Å². The number of ether oxygens (including phenoxy) is 2. The number of hydrogen-bond acceptors (Lipinski definition) is 7. The van der Waals surface area contributed by atoms with E-state index in [0.29, 0.717) is 17.1 Å². The molecule has 7 heteroatoms. The van der Waals surface area contributed by atoms with Crippen LogP contribution in [0.4, 0.5) is 0 Å². The maximum Gasteiger partial charge on any atom is 0.184 e. The van der Waals surface area contributed by atoms with Crippen molar-refractivity contribution < 1.29 is 19.4 Å². The summed E-state index contributed by atoms with van der Waals surface area (Å²) in [6, 6.07) is 3.55. The molecule has 0 fully saturated rings. The van der Waals surface area contributed by atoms with Gasteiger partial charge in [0.1, 0.15) is 13.2 Å². The van der Waals surface area contributed by atoms with Crippen molar-refractivity contribution in [3.05, 3.63) is 58.8 Å². The average Bonchev–Trinajstić information content (AvgIpc) is 2.84. The van der Waals surface area contributed by atoms with Gasteiger partial charge in [-0.05, 0) is 68.9 Å². The highest BCUT2D eigenvalue weighted by molar-refractivity contribution is 6.12. The zero-order chi connectivity index (χ0) is 28.3. The van der Waals surface area contributed by atoms with Crippen LogP contribution in [0, 0.1) is 0 Å². The average molecular weight is 512 g/mol. The maximum absolute atomic E-state index is 13.6. The van der Waals surface area contributed by atoms with Crippen molar-refractivity contribution in [2.24, 2.45) is 10.1 Å². The summed E-state index contributed by atoms with van der Waals surface area (Å²) in [4.78, 5) is 17.9. The molecule has 0 saturated heterocycles. The minimum Gasteiger partial charge on any atom is -0.493 e. The molecule has 0 unspecified atom stereocenters. The third-order valence-corrected chi connectivity index (χ3v) is 5.93. The highest BCUT2D eigenvalue weighted by Gasteiger charge is 2.26. The molecule has 0 aromatic heterocycles. The molecule has 0 atom stereocenters. The second-order valence-electron chi connectivity index (χ2n) is 9.89. The van der Waals surface area contributed by atoms with Gasteiger partial charge in [0, 0.05) is 23.9 Å². The van der Waals surface area contributed by atoms with Gasteiger partial charge in [-0.15, -0.1) is 0 Å². The van der Waals surface area contributed by atoms with Gasteiger partial charge >= 0.3 is 0 Å². The molecule has 1 aromatic rings. The molecule has 0 amide bonds. The molecular weight excluding hydrogens is 466 g/mol. The molecule has 1 N–H and O–H groups in total. The second-order valence-corrected chi connectivity index (χ2v) is 9.89. The number of aliphatic hydroxyl groups excluding tert-OH is 1. The third kappa shape index (κ3) is 9.01. The summed E-state index contributed by atoms with van der Waals surface area (Å²) in [6.07, 6.45) is 4.64. The van der Waals surface area contributed by atoms with Crippen LogP contribution in [0.25, 0.3) is 0 Å². The van der Waals surface area contributed by atoms with Crippen LogP contribution in [0.2, 0.25) is 0 Å². The Morgan fingerprint density at radius 2 is 1.86 bits per heavy atom. The van der Waals surface area contributed by atoms with Crippen LogP contribution in [0.1, 0.15) is 77.7 Å². The number of hydrogen-bond donors (Lipinski definition) is 1. The molecule has 0 radical (unpaired) electrons. The molecule has 0 heterocycles. The normalized spacial score (nSPS) is 13.5. The maximum atomic E-state index is 13.6. The van der Waals surface area contributed by atoms with Crippen molar-refractivity contribution in [1.82, 2.24) is 5.01 Å².